The summed E-state index contributed by atoms with van der Waals surface area (Å²) >= 11 is 0. The Morgan fingerprint density at radius 1 is 0.341 bits per heavy atom. The van der Waals surface area contributed by atoms with Crippen LogP contribution in [-0.4, -0.2) is 128 Å². The fourth-order valence-electron chi connectivity index (χ4n) is 31.2. The lowest BCUT2D eigenvalue weighted by atomic mass is 9.47. The molecule has 37 rings (SSSR count). The van der Waals surface area contributed by atoms with Crippen LogP contribution < -0.4 is 34.3 Å². The lowest BCUT2D eigenvalue weighted by Crippen LogP contribution is -2.72. The number of aromatic nitrogens is 7. The lowest BCUT2D eigenvalue weighted by Gasteiger charge is -2.70. The molecule has 25 heterocycles. The highest BCUT2D eigenvalue weighted by Gasteiger charge is 2.66. The maximum absolute atomic E-state index is 2.78. The first kappa shape index (κ1) is 86.1. The van der Waals surface area contributed by atoms with Crippen molar-refractivity contribution in [1.82, 2.24) is 41.8 Å². The van der Waals surface area contributed by atoms with Gasteiger partial charge < -0.3 is 66.3 Å². The summed E-state index contributed by atoms with van der Waals surface area (Å²) in [6.07, 6.45) is 40.4. The topological polar surface area (TPSA) is 63.7 Å². The quantitative estimate of drug-likeness (QED) is 0.155. The Kier molecular flexibility index (Phi) is 21.2. The molecule has 18 aliphatic heterocycles. The van der Waals surface area contributed by atoms with E-state index in [1.807, 2.05) is 0 Å². The minimum atomic E-state index is 0.0941. The molecule has 18 unspecified atom stereocenters. The van der Waals surface area contributed by atoms with Crippen LogP contribution in [0.1, 0.15) is 261 Å². The van der Waals surface area contributed by atoms with Gasteiger partial charge in [-0.25, -0.2) is 0 Å². The van der Waals surface area contributed by atoms with Crippen molar-refractivity contribution in [2.45, 2.75) is 304 Å². The van der Waals surface area contributed by atoms with Gasteiger partial charge >= 0.3 is 0 Å². The molecule has 13 saturated heterocycles. The zero-order chi connectivity index (χ0) is 89.5. The van der Waals surface area contributed by atoms with Crippen molar-refractivity contribution >= 4 is 40.6 Å². The van der Waals surface area contributed by atoms with E-state index in [1.54, 1.807) is 27.8 Å². The molecule has 14 bridgehead atoms. The normalized spacial score (nSPS) is 35.5. The molecule has 0 amide bonds. The molecule has 16 nitrogen and oxygen atoms in total. The standard InChI is InChI=1S/C19H22N2.C19H24N2.C17H21N3.C17H20N2.C15H22N2.C14H23N3.C12H18N2/c1-14-18-9-11-19(12-10-18,16-7-4-3-6-15(16)18)21(14)17-8-5-13-20(17)2;1-14-18(2)11-12-19(3,16-9-6-5-8-15(16)18)21(14)17-10-7-13-20(17)4;1-13-19-12-10-17(2,14-7-4-5-8-15(14)19)20(13)16-9-6-11-18(16)3;1-12-13-9-10-16(15-7-4-3-6-14(13)15)19(12)17-8-5-11-18(17)2;1-12-14-5-8-15(9-6-14,10-7-14)17(12)13-4-3-11-16(13)2;1-11-10-14(3)7-9-16(11)12(2)17(14)13-6-5-8-15(13)4;1-9-12(10-5-7-14(9)8-10)11-4-3-6-13(11)2/h3-8,13-14H,9-12H2,1-2H3;5-10,13-14H,11-12H2,1-4H3;4-9,11,13H,10,12H2,1-3H3;3-8,11-13,16H,9-10H2,1-2H3;3-4,11-12H,5-10H2,1-2H3;5-6,8,11-12H,7,9-10H2,1-4H3;3-4,6,9-10,12H,5,7-8H2,1-2H3. The van der Waals surface area contributed by atoms with Gasteiger partial charge in [-0.05, 0) is 334 Å². The fourth-order valence-corrected chi connectivity index (χ4v) is 31.2. The zero-order valence-electron chi connectivity index (χ0n) is 81.5. The van der Waals surface area contributed by atoms with Gasteiger partial charge in [-0.2, -0.15) is 0 Å². The van der Waals surface area contributed by atoms with Gasteiger partial charge in [0.05, 0.1) is 28.8 Å². The van der Waals surface area contributed by atoms with Gasteiger partial charge in [-0.1, -0.05) is 97.9 Å². The Hall–Kier alpha value is -9.64. The molecule has 4 aromatic carbocycles. The van der Waals surface area contributed by atoms with Gasteiger partial charge in [-0.3, -0.25) is 9.80 Å². The maximum Gasteiger partial charge on any atom is 0.110 e. The van der Waals surface area contributed by atoms with Gasteiger partial charge in [0.1, 0.15) is 41.1 Å². The summed E-state index contributed by atoms with van der Waals surface area (Å²) in [5.41, 5.74) is 16.5. The van der Waals surface area contributed by atoms with Crippen LogP contribution >= 0.6 is 0 Å². The number of nitrogens with zero attached hydrogens (tertiary/aromatic N) is 16. The fraction of sp³-hybridized carbons (Fsp3) is 0.540. The van der Waals surface area contributed by atoms with Crippen molar-refractivity contribution in [1.29, 1.82) is 0 Å². The van der Waals surface area contributed by atoms with E-state index in [1.165, 1.54) is 193 Å². The summed E-state index contributed by atoms with van der Waals surface area (Å²) in [5.74, 6) is 10.6. The molecule has 0 spiro atoms. The molecule has 11 aromatic rings. The highest BCUT2D eigenvalue weighted by molar-refractivity contribution is 5.69. The van der Waals surface area contributed by atoms with Gasteiger partial charge in [0.2, 0.25) is 0 Å². The second-order valence-corrected chi connectivity index (χ2v) is 44.2. The number of benzene rings is 4. The summed E-state index contributed by atoms with van der Waals surface area (Å²) in [4.78, 5) is 23.9. The van der Waals surface area contributed by atoms with Crippen LogP contribution in [0, 0.1) is 11.3 Å². The number of anilines is 7. The minimum absolute atomic E-state index is 0.0941. The third-order valence-electron chi connectivity index (χ3n) is 38.4. The Morgan fingerprint density at radius 2 is 0.845 bits per heavy atom. The molecule has 26 aliphatic rings. The van der Waals surface area contributed by atoms with Crippen LogP contribution in [0.3, 0.4) is 0 Å². The summed E-state index contributed by atoms with van der Waals surface area (Å²) in [5, 5.41) is 0. The van der Waals surface area contributed by atoms with Crippen LogP contribution in [0.15, 0.2) is 225 Å². The van der Waals surface area contributed by atoms with Crippen molar-refractivity contribution in [2.75, 3.05) is 60.5 Å². The first-order valence-electron chi connectivity index (χ1n) is 50.2. The van der Waals surface area contributed by atoms with E-state index >= 15 is 0 Å². The van der Waals surface area contributed by atoms with E-state index in [0.29, 0.717) is 64.3 Å². The Balaban J connectivity index is 0.0000000916. The first-order chi connectivity index (χ1) is 62.0. The predicted octanol–water partition coefficient (Wildman–Crippen LogP) is 22.9. The molecule has 16 heteroatoms. The number of para-hydroxylation sites is 1. The smallest absolute Gasteiger partial charge is 0.110 e. The molecule has 17 fully saturated rings. The molecule has 18 atom stereocenters. The average Bonchev–Trinajstić information content (AvgIpc) is 1.34. The summed E-state index contributed by atoms with van der Waals surface area (Å²) in [6.45, 7) is 33.9. The third kappa shape index (κ3) is 13.0. The van der Waals surface area contributed by atoms with Crippen molar-refractivity contribution in [3.63, 3.8) is 0 Å². The summed E-state index contributed by atoms with van der Waals surface area (Å²) in [6, 6.07) is 71.8. The Morgan fingerprint density at radius 3 is 1.40 bits per heavy atom. The van der Waals surface area contributed by atoms with Gasteiger partial charge in [0, 0.05) is 199 Å². The first-order valence-corrected chi connectivity index (χ1v) is 50.2. The Bertz CT molecular complexity index is 5780. The highest BCUT2D eigenvalue weighted by atomic mass is 15.5. The van der Waals surface area contributed by atoms with Gasteiger partial charge in [-0.15, -0.1) is 0 Å². The highest BCUT2D eigenvalue weighted by Crippen LogP contribution is 2.68. The molecule has 682 valence electrons. The zero-order valence-corrected chi connectivity index (χ0v) is 81.5. The molecule has 0 radical (unpaired) electrons. The monoisotopic (exact) mass is 1730 g/mol. The number of hydrogen-bond acceptors (Lipinski definition) is 9. The van der Waals surface area contributed by atoms with Crippen LogP contribution in [0.2, 0.25) is 0 Å². The summed E-state index contributed by atoms with van der Waals surface area (Å²) in [7, 11) is 15.1. The molecular weight excluding hydrogens is 1580 g/mol. The van der Waals surface area contributed by atoms with Crippen LogP contribution in [0.4, 0.5) is 40.6 Å². The Labute approximate surface area is 772 Å². The number of rotatable bonds is 7. The molecule has 8 aliphatic carbocycles. The van der Waals surface area contributed by atoms with Gasteiger partial charge in [0.25, 0.3) is 0 Å². The maximum atomic E-state index is 2.78. The van der Waals surface area contributed by atoms with E-state index in [9.17, 15) is 0 Å². The SMILES string of the molecule is CC1C(c2cccn2C)C2CCN1C2.CC1C2CCC(c3ccccc32)N1c1cccn1C.CC1CC2(C)CCN1C(C)N2c1cccn1C.CC1N(c2cccn2C)C2(C)CCC1(C)c1ccccc12.CC1N(c2cccn2C)C23CCC1(CC2)CC3.CC1N(c2cccn2C)C23CCC1(CC2)c1ccccc13.CC1N2CCC(C)(c3ccccc32)N1c1cccn1C. The lowest BCUT2D eigenvalue weighted by molar-refractivity contribution is -0.0456. The van der Waals surface area contributed by atoms with Gasteiger partial charge in [0.15, 0.2) is 0 Å². The van der Waals surface area contributed by atoms with Crippen LogP contribution in [0.25, 0.3) is 0 Å². The van der Waals surface area contributed by atoms with Crippen molar-refractivity contribution in [2.24, 2.45) is 60.7 Å². The van der Waals surface area contributed by atoms with E-state index < -0.39 is 0 Å². The number of hydrogen-bond donors (Lipinski definition) is 0. The minimum Gasteiger partial charge on any atom is -0.354 e. The molecule has 4 saturated carbocycles. The molecule has 0 N–H and O–H groups in total. The molecular formula is C113H150N16. The van der Waals surface area contributed by atoms with E-state index in [4.69, 9.17) is 0 Å². The van der Waals surface area contributed by atoms with Crippen molar-refractivity contribution < 1.29 is 0 Å². The van der Waals surface area contributed by atoms with E-state index in [-0.39, 0.29) is 22.0 Å². The second-order valence-electron chi connectivity index (χ2n) is 44.2. The summed E-state index contributed by atoms with van der Waals surface area (Å²) < 4.78 is 15.9. The molecule has 129 heavy (non-hydrogen) atoms. The number of aryl methyl sites for hydroxylation is 7. The number of piperidine rings is 9. The number of fused-ring (bicyclic) bond motifs is 11. The largest absolute Gasteiger partial charge is 0.354 e. The van der Waals surface area contributed by atoms with Crippen molar-refractivity contribution in [3.8, 4) is 0 Å². The second kappa shape index (κ2) is 31.8. The predicted molar refractivity (Wildman–Crippen MR) is 534 cm³/mol. The van der Waals surface area contributed by atoms with Crippen LogP contribution in [0.5, 0.6) is 0 Å². The molecule has 7 aromatic heterocycles. The van der Waals surface area contributed by atoms with E-state index in [0.717, 1.165) is 36.5 Å². The van der Waals surface area contributed by atoms with E-state index in [2.05, 4.69) is 434 Å². The third-order valence-corrected chi connectivity index (χ3v) is 38.4. The van der Waals surface area contributed by atoms with Crippen LogP contribution in [-0.2, 0) is 76.8 Å². The van der Waals surface area contributed by atoms with Crippen molar-refractivity contribution in [3.05, 3.63) is 270 Å². The average molecular weight is 1730 g/mol.